The van der Waals surface area contributed by atoms with Crippen LogP contribution in [0.1, 0.15) is 56.1 Å². The van der Waals surface area contributed by atoms with Crippen molar-refractivity contribution >= 4 is 33.0 Å². The minimum atomic E-state index is -3.91. The van der Waals surface area contributed by atoms with E-state index in [1.165, 1.54) is 17.7 Å². The molecule has 1 aliphatic heterocycles. The molecule has 0 fully saturated rings. The molecular weight excluding hydrogens is 522 g/mol. The molecule has 1 aromatic heterocycles. The average Bonchev–Trinajstić information content (AvgIpc) is 3.42. The Bertz CT molecular complexity index is 1550. The van der Waals surface area contributed by atoms with Gasteiger partial charge in [-0.1, -0.05) is 26.0 Å². The van der Waals surface area contributed by atoms with Crippen molar-refractivity contribution in [1.29, 1.82) is 0 Å². The van der Waals surface area contributed by atoms with Crippen molar-refractivity contribution in [2.45, 2.75) is 53.3 Å². The van der Waals surface area contributed by atoms with E-state index >= 15 is 0 Å². The summed E-state index contributed by atoms with van der Waals surface area (Å²) in [7, 11) is -2.53. The second-order valence-corrected chi connectivity index (χ2v) is 12.0. The van der Waals surface area contributed by atoms with Crippen molar-refractivity contribution in [3.05, 3.63) is 47.0 Å². The molecule has 0 atom stereocenters. The molecule has 0 bridgehead atoms. The van der Waals surface area contributed by atoms with Crippen LogP contribution in [0.15, 0.2) is 30.3 Å². The third-order valence-corrected chi connectivity index (χ3v) is 7.00. The number of methoxy groups -OCH3 is 1. The van der Waals surface area contributed by atoms with Gasteiger partial charge in [-0.25, -0.2) is 9.36 Å². The number of hydrogen-bond acceptors (Lipinski definition) is 8. The summed E-state index contributed by atoms with van der Waals surface area (Å²) in [4.78, 5) is 29.0. The van der Waals surface area contributed by atoms with Crippen LogP contribution in [-0.4, -0.2) is 61.9 Å². The zero-order chi connectivity index (χ0) is 28.7. The van der Waals surface area contributed by atoms with Gasteiger partial charge < -0.3 is 19.0 Å². The first-order valence-electron chi connectivity index (χ1n) is 12.8. The van der Waals surface area contributed by atoms with Gasteiger partial charge in [-0.2, -0.15) is 8.42 Å². The van der Waals surface area contributed by atoms with Gasteiger partial charge in [0.05, 0.1) is 30.1 Å². The minimum Gasteiger partial charge on any atom is -0.493 e. The number of ether oxygens (including phenoxy) is 2. The fourth-order valence-corrected chi connectivity index (χ4v) is 5.28. The summed E-state index contributed by atoms with van der Waals surface area (Å²) in [6, 6.07) is 9.16. The lowest BCUT2D eigenvalue weighted by atomic mass is 9.98. The SMILES string of the molecule is CCN(CC)Cc1cccc2c1cc(-c1cc(OC)c(OS(C)(=O)=O)c3c1C(=O)NC3)n2C(=O)OC(C)(C)C. The summed E-state index contributed by atoms with van der Waals surface area (Å²) in [6.07, 6.45) is 0.324. The number of amides is 1. The van der Waals surface area contributed by atoms with E-state index in [9.17, 15) is 18.0 Å². The molecule has 1 aliphatic rings. The van der Waals surface area contributed by atoms with Gasteiger partial charge in [0, 0.05) is 29.6 Å². The monoisotopic (exact) mass is 557 g/mol. The van der Waals surface area contributed by atoms with Gasteiger partial charge in [-0.15, -0.1) is 0 Å². The number of nitrogens with one attached hydrogen (secondary N) is 1. The van der Waals surface area contributed by atoms with Crippen molar-refractivity contribution in [3.63, 3.8) is 0 Å². The molecule has 1 N–H and O–H groups in total. The number of benzene rings is 2. The van der Waals surface area contributed by atoms with E-state index < -0.39 is 27.7 Å². The zero-order valence-corrected chi connectivity index (χ0v) is 24.2. The molecule has 0 unspecified atom stereocenters. The number of nitrogens with zero attached hydrogens (tertiary/aromatic N) is 2. The van der Waals surface area contributed by atoms with Crippen molar-refractivity contribution in [2.75, 3.05) is 26.5 Å². The Hall–Kier alpha value is -3.57. The van der Waals surface area contributed by atoms with Crippen molar-refractivity contribution in [1.82, 2.24) is 14.8 Å². The summed E-state index contributed by atoms with van der Waals surface area (Å²) in [5, 5.41) is 3.59. The fourth-order valence-electron chi connectivity index (χ4n) is 4.80. The molecular formula is C28H35N3O7S. The summed E-state index contributed by atoms with van der Waals surface area (Å²) in [5.41, 5.74) is 2.25. The molecule has 10 nitrogen and oxygen atoms in total. The highest BCUT2D eigenvalue weighted by Crippen LogP contribution is 2.44. The van der Waals surface area contributed by atoms with Crippen LogP contribution in [0.2, 0.25) is 0 Å². The van der Waals surface area contributed by atoms with Gasteiger partial charge in [0.2, 0.25) is 0 Å². The molecule has 0 aliphatic carbocycles. The second kappa shape index (κ2) is 10.5. The first-order valence-corrected chi connectivity index (χ1v) is 14.6. The van der Waals surface area contributed by atoms with Gasteiger partial charge in [0.25, 0.3) is 5.91 Å². The smallest absolute Gasteiger partial charge is 0.419 e. The maximum Gasteiger partial charge on any atom is 0.419 e. The topological polar surface area (TPSA) is 116 Å². The Labute approximate surface area is 229 Å². The van der Waals surface area contributed by atoms with Crippen molar-refractivity contribution in [2.24, 2.45) is 0 Å². The first kappa shape index (κ1) is 28.4. The minimum absolute atomic E-state index is 0.0447. The highest BCUT2D eigenvalue weighted by atomic mass is 32.2. The summed E-state index contributed by atoms with van der Waals surface area (Å²) < 4.78 is 42.1. The molecule has 2 aromatic carbocycles. The number of fused-ring (bicyclic) bond motifs is 2. The van der Waals surface area contributed by atoms with Crippen molar-refractivity contribution < 1.29 is 31.7 Å². The van der Waals surface area contributed by atoms with Gasteiger partial charge in [-0.3, -0.25) is 9.69 Å². The van der Waals surface area contributed by atoms with E-state index in [0.29, 0.717) is 28.9 Å². The van der Waals surface area contributed by atoms with Gasteiger partial charge in [0.1, 0.15) is 5.60 Å². The zero-order valence-electron chi connectivity index (χ0n) is 23.4. The molecule has 3 aromatic rings. The Morgan fingerprint density at radius 2 is 1.85 bits per heavy atom. The normalized spacial score (nSPS) is 13.5. The molecule has 0 radical (unpaired) electrons. The summed E-state index contributed by atoms with van der Waals surface area (Å²) in [6.45, 7) is 12.0. The van der Waals surface area contributed by atoms with Crippen LogP contribution in [0.25, 0.3) is 22.2 Å². The van der Waals surface area contributed by atoms with Crippen molar-refractivity contribution in [3.8, 4) is 22.8 Å². The Balaban J connectivity index is 2.05. The predicted octanol–water partition coefficient (Wildman–Crippen LogP) is 4.52. The van der Waals surface area contributed by atoms with Gasteiger partial charge in [0.15, 0.2) is 11.5 Å². The van der Waals surface area contributed by atoms with Crippen LogP contribution in [0.4, 0.5) is 4.79 Å². The van der Waals surface area contributed by atoms with E-state index in [2.05, 4.69) is 24.1 Å². The molecule has 4 rings (SSSR count). The van der Waals surface area contributed by atoms with Crippen LogP contribution in [0.3, 0.4) is 0 Å². The standard InChI is InChI=1S/C28H35N3O7S/c1-8-30(9-2)16-17-11-10-12-21-18(17)13-22(31(21)27(33)37-28(3,4)5)19-14-23(36-6)25(38-39(7,34)35)20-15-29-26(32)24(19)20/h10-14H,8-9,15-16H2,1-7H3,(H,29,32). The lowest BCUT2D eigenvalue weighted by molar-refractivity contribution is 0.0546. The van der Waals surface area contributed by atoms with E-state index in [4.69, 9.17) is 13.7 Å². The predicted molar refractivity (Wildman–Crippen MR) is 149 cm³/mol. The Morgan fingerprint density at radius 1 is 1.15 bits per heavy atom. The van der Waals surface area contributed by atoms with Crippen LogP contribution >= 0.6 is 0 Å². The van der Waals surface area contributed by atoms with Gasteiger partial charge in [-0.05, 0) is 57.6 Å². The Morgan fingerprint density at radius 3 is 2.44 bits per heavy atom. The molecule has 0 saturated carbocycles. The number of rotatable bonds is 8. The van der Waals surface area contributed by atoms with Gasteiger partial charge >= 0.3 is 16.2 Å². The first-order chi connectivity index (χ1) is 18.3. The average molecular weight is 558 g/mol. The third-order valence-electron chi connectivity index (χ3n) is 6.53. The molecule has 0 saturated heterocycles. The second-order valence-electron chi connectivity index (χ2n) is 10.4. The van der Waals surface area contributed by atoms with Crippen LogP contribution < -0.4 is 14.2 Å². The number of carbonyl (C=O) groups excluding carboxylic acids is 2. The quantitative estimate of drug-likeness (QED) is 0.402. The van der Waals surface area contributed by atoms with E-state index in [1.807, 2.05) is 24.3 Å². The molecule has 1 amide bonds. The van der Waals surface area contributed by atoms with Crippen LogP contribution in [0.5, 0.6) is 11.5 Å². The third kappa shape index (κ3) is 5.74. The lowest BCUT2D eigenvalue weighted by Gasteiger charge is -2.22. The molecule has 210 valence electrons. The lowest BCUT2D eigenvalue weighted by Crippen LogP contribution is -2.27. The number of aromatic nitrogens is 1. The molecule has 39 heavy (non-hydrogen) atoms. The number of carbonyl (C=O) groups is 2. The maximum atomic E-state index is 13.7. The van der Waals surface area contributed by atoms with E-state index in [0.717, 1.165) is 30.3 Å². The highest BCUT2D eigenvalue weighted by Gasteiger charge is 2.34. The largest absolute Gasteiger partial charge is 0.493 e. The molecule has 2 heterocycles. The molecule has 0 spiro atoms. The summed E-state index contributed by atoms with van der Waals surface area (Å²) in [5.74, 6) is -0.348. The Kier molecular flexibility index (Phi) is 7.68. The fraction of sp³-hybridized carbons (Fsp3) is 0.429. The van der Waals surface area contributed by atoms with Crippen LogP contribution in [0, 0.1) is 0 Å². The van der Waals surface area contributed by atoms with E-state index in [1.54, 1.807) is 20.8 Å². The van der Waals surface area contributed by atoms with Crippen LogP contribution in [-0.2, 0) is 27.9 Å². The maximum absolute atomic E-state index is 13.7. The number of hydrogen-bond donors (Lipinski definition) is 1. The highest BCUT2D eigenvalue weighted by molar-refractivity contribution is 7.86. The molecule has 11 heteroatoms. The summed E-state index contributed by atoms with van der Waals surface area (Å²) >= 11 is 0. The van der Waals surface area contributed by atoms with E-state index in [-0.39, 0.29) is 23.6 Å².